The standard InChI is InChI=1S/C15H22N2O/c1-11(16)12-5-2-3-6-13(12)17-9-10-18-15-8-4-7-14(15)17/h2-3,5-6,11,14-15H,4,7-10,16H2,1H3/t11-,14?,15?/m0/s1. The molecule has 2 N–H and O–H groups in total. The van der Waals surface area contributed by atoms with Crippen LogP contribution in [-0.4, -0.2) is 25.3 Å². The number of morpholine rings is 1. The van der Waals surface area contributed by atoms with Gasteiger partial charge in [0.2, 0.25) is 0 Å². The Morgan fingerprint density at radius 1 is 1.33 bits per heavy atom. The van der Waals surface area contributed by atoms with E-state index in [-0.39, 0.29) is 6.04 Å². The van der Waals surface area contributed by atoms with Crippen LogP contribution in [0.5, 0.6) is 0 Å². The Bertz CT molecular complexity index is 419. The van der Waals surface area contributed by atoms with Gasteiger partial charge in [0.15, 0.2) is 0 Å². The first-order valence-corrected chi connectivity index (χ1v) is 7.00. The third-order valence-electron chi connectivity index (χ3n) is 4.22. The second-order valence-electron chi connectivity index (χ2n) is 5.45. The van der Waals surface area contributed by atoms with Crippen LogP contribution in [0.4, 0.5) is 5.69 Å². The normalized spacial score (nSPS) is 29.1. The van der Waals surface area contributed by atoms with Crippen LogP contribution in [0.2, 0.25) is 0 Å². The van der Waals surface area contributed by atoms with Crippen molar-refractivity contribution in [2.75, 3.05) is 18.1 Å². The third kappa shape index (κ3) is 2.02. The minimum atomic E-state index is 0.0869. The highest BCUT2D eigenvalue weighted by molar-refractivity contribution is 5.56. The van der Waals surface area contributed by atoms with Gasteiger partial charge in [-0.25, -0.2) is 0 Å². The summed E-state index contributed by atoms with van der Waals surface area (Å²) in [4.78, 5) is 2.53. The number of benzene rings is 1. The molecule has 1 aliphatic carbocycles. The first-order chi connectivity index (χ1) is 8.77. The monoisotopic (exact) mass is 246 g/mol. The van der Waals surface area contributed by atoms with Gasteiger partial charge in [-0.15, -0.1) is 0 Å². The molecule has 3 atom stereocenters. The van der Waals surface area contributed by atoms with Crippen LogP contribution in [0.3, 0.4) is 0 Å². The molecule has 3 nitrogen and oxygen atoms in total. The Hall–Kier alpha value is -1.06. The van der Waals surface area contributed by atoms with Crippen molar-refractivity contribution in [1.82, 2.24) is 0 Å². The van der Waals surface area contributed by atoms with Crippen molar-refractivity contribution in [3.05, 3.63) is 29.8 Å². The molecule has 98 valence electrons. The summed E-state index contributed by atoms with van der Waals surface area (Å²) in [5.41, 5.74) is 8.67. The van der Waals surface area contributed by atoms with Gasteiger partial charge in [-0.05, 0) is 37.8 Å². The first-order valence-electron chi connectivity index (χ1n) is 7.00. The minimum Gasteiger partial charge on any atom is -0.374 e. The van der Waals surface area contributed by atoms with Crippen LogP contribution >= 0.6 is 0 Å². The van der Waals surface area contributed by atoms with E-state index in [1.165, 1.54) is 30.5 Å². The van der Waals surface area contributed by atoms with Gasteiger partial charge in [0, 0.05) is 18.3 Å². The first kappa shape index (κ1) is 12.0. The van der Waals surface area contributed by atoms with E-state index in [2.05, 4.69) is 36.1 Å². The Labute approximate surface area is 109 Å². The lowest BCUT2D eigenvalue weighted by atomic mass is 10.0. The molecule has 0 radical (unpaired) electrons. The summed E-state index contributed by atoms with van der Waals surface area (Å²) in [6, 6.07) is 9.19. The smallest absolute Gasteiger partial charge is 0.0779 e. The van der Waals surface area contributed by atoms with Crippen LogP contribution < -0.4 is 10.6 Å². The zero-order valence-corrected chi connectivity index (χ0v) is 11.0. The lowest BCUT2D eigenvalue weighted by Gasteiger charge is -2.40. The molecule has 18 heavy (non-hydrogen) atoms. The molecule has 1 heterocycles. The quantitative estimate of drug-likeness (QED) is 0.871. The van der Waals surface area contributed by atoms with Crippen molar-refractivity contribution in [3.8, 4) is 0 Å². The molecule has 1 aliphatic heterocycles. The number of hydrogen-bond donors (Lipinski definition) is 1. The molecule has 0 bridgehead atoms. The van der Waals surface area contributed by atoms with Crippen molar-refractivity contribution >= 4 is 5.69 Å². The van der Waals surface area contributed by atoms with Crippen molar-refractivity contribution < 1.29 is 4.74 Å². The second kappa shape index (κ2) is 4.90. The Balaban J connectivity index is 1.93. The molecule has 0 aromatic heterocycles. The summed E-state index contributed by atoms with van der Waals surface area (Å²) in [5, 5.41) is 0. The average Bonchev–Trinajstić information content (AvgIpc) is 2.86. The molecule has 1 aromatic rings. The fraction of sp³-hybridized carbons (Fsp3) is 0.600. The maximum Gasteiger partial charge on any atom is 0.0779 e. The van der Waals surface area contributed by atoms with Crippen LogP contribution in [0.1, 0.15) is 37.8 Å². The number of ether oxygens (including phenoxy) is 1. The lowest BCUT2D eigenvalue weighted by Crippen LogP contribution is -2.49. The summed E-state index contributed by atoms with van der Waals surface area (Å²) in [6.45, 7) is 3.89. The van der Waals surface area contributed by atoms with Gasteiger partial charge in [0.05, 0.1) is 18.8 Å². The van der Waals surface area contributed by atoms with E-state index in [9.17, 15) is 0 Å². The Kier molecular flexibility index (Phi) is 3.27. The van der Waals surface area contributed by atoms with E-state index in [0.29, 0.717) is 12.1 Å². The van der Waals surface area contributed by atoms with Crippen molar-refractivity contribution in [3.63, 3.8) is 0 Å². The highest BCUT2D eigenvalue weighted by atomic mass is 16.5. The maximum absolute atomic E-state index is 6.10. The van der Waals surface area contributed by atoms with Gasteiger partial charge in [0.25, 0.3) is 0 Å². The SMILES string of the molecule is C[C@H](N)c1ccccc1N1CCOC2CCCC21. The third-order valence-corrected chi connectivity index (χ3v) is 4.22. The molecule has 2 unspecified atom stereocenters. The van der Waals surface area contributed by atoms with Crippen molar-refractivity contribution in [2.45, 2.75) is 44.4 Å². The van der Waals surface area contributed by atoms with E-state index in [1.54, 1.807) is 0 Å². The summed E-state index contributed by atoms with van der Waals surface area (Å²) >= 11 is 0. The van der Waals surface area contributed by atoms with Crippen LogP contribution in [0.15, 0.2) is 24.3 Å². The van der Waals surface area contributed by atoms with E-state index in [4.69, 9.17) is 10.5 Å². The molecule has 2 fully saturated rings. The molecule has 0 amide bonds. The zero-order valence-electron chi connectivity index (χ0n) is 11.0. The lowest BCUT2D eigenvalue weighted by molar-refractivity contribution is 0.0255. The minimum absolute atomic E-state index is 0.0869. The van der Waals surface area contributed by atoms with Gasteiger partial charge in [-0.3, -0.25) is 0 Å². The van der Waals surface area contributed by atoms with Crippen molar-refractivity contribution in [2.24, 2.45) is 5.73 Å². The molecule has 3 heteroatoms. The molecular weight excluding hydrogens is 224 g/mol. The summed E-state index contributed by atoms with van der Waals surface area (Å²) in [7, 11) is 0. The maximum atomic E-state index is 6.10. The molecule has 3 rings (SSSR count). The van der Waals surface area contributed by atoms with Gasteiger partial charge in [0.1, 0.15) is 0 Å². The van der Waals surface area contributed by atoms with E-state index < -0.39 is 0 Å². The molecule has 1 saturated carbocycles. The Morgan fingerprint density at radius 3 is 3.00 bits per heavy atom. The fourth-order valence-corrected chi connectivity index (χ4v) is 3.36. The highest BCUT2D eigenvalue weighted by Crippen LogP contribution is 2.35. The van der Waals surface area contributed by atoms with E-state index in [0.717, 1.165) is 13.2 Å². The van der Waals surface area contributed by atoms with Crippen LogP contribution in [0, 0.1) is 0 Å². The zero-order chi connectivity index (χ0) is 12.5. The predicted molar refractivity (Wildman–Crippen MR) is 73.8 cm³/mol. The van der Waals surface area contributed by atoms with Crippen LogP contribution in [0.25, 0.3) is 0 Å². The van der Waals surface area contributed by atoms with Crippen LogP contribution in [-0.2, 0) is 4.74 Å². The van der Waals surface area contributed by atoms with Gasteiger partial charge >= 0.3 is 0 Å². The summed E-state index contributed by atoms with van der Waals surface area (Å²) < 4.78 is 5.88. The van der Waals surface area contributed by atoms with E-state index >= 15 is 0 Å². The fourth-order valence-electron chi connectivity index (χ4n) is 3.36. The predicted octanol–water partition coefficient (Wildman–Crippen LogP) is 2.46. The topological polar surface area (TPSA) is 38.5 Å². The number of anilines is 1. The highest BCUT2D eigenvalue weighted by Gasteiger charge is 2.36. The number of nitrogens with two attached hydrogens (primary N) is 1. The molecule has 1 aromatic carbocycles. The molecular formula is C15H22N2O. The number of rotatable bonds is 2. The number of fused-ring (bicyclic) bond motifs is 1. The molecule has 0 spiro atoms. The summed E-state index contributed by atoms with van der Waals surface area (Å²) in [6.07, 6.45) is 4.17. The van der Waals surface area contributed by atoms with Gasteiger partial charge in [-0.1, -0.05) is 18.2 Å². The number of nitrogens with zero attached hydrogens (tertiary/aromatic N) is 1. The van der Waals surface area contributed by atoms with E-state index in [1.807, 2.05) is 0 Å². The summed E-state index contributed by atoms with van der Waals surface area (Å²) in [5.74, 6) is 0. The van der Waals surface area contributed by atoms with Gasteiger partial charge < -0.3 is 15.4 Å². The Morgan fingerprint density at radius 2 is 2.17 bits per heavy atom. The molecule has 1 saturated heterocycles. The largest absolute Gasteiger partial charge is 0.374 e. The number of hydrogen-bond acceptors (Lipinski definition) is 3. The second-order valence-corrected chi connectivity index (χ2v) is 5.45. The van der Waals surface area contributed by atoms with Gasteiger partial charge in [-0.2, -0.15) is 0 Å². The number of para-hydroxylation sites is 1. The van der Waals surface area contributed by atoms with Crippen molar-refractivity contribution in [1.29, 1.82) is 0 Å². The molecule has 2 aliphatic rings. The average molecular weight is 246 g/mol.